The Bertz CT molecular complexity index is 541. The van der Waals surface area contributed by atoms with Crippen LogP contribution in [0.2, 0.25) is 0 Å². The van der Waals surface area contributed by atoms with Crippen molar-refractivity contribution < 1.29 is 0 Å². The van der Waals surface area contributed by atoms with Crippen LogP contribution in [0.25, 0.3) is 11.1 Å². The van der Waals surface area contributed by atoms with Gasteiger partial charge in [-0.25, -0.2) is 0 Å². The third-order valence-electron chi connectivity index (χ3n) is 3.32. The molecule has 74 valence electrons. The average Bonchev–Trinajstić information content (AvgIpc) is 2.63. The van der Waals surface area contributed by atoms with Gasteiger partial charge in [0, 0.05) is 5.69 Å². The summed E-state index contributed by atoms with van der Waals surface area (Å²) in [6, 6.07) is 12.7. The Hall–Kier alpha value is -1.76. The predicted molar refractivity (Wildman–Crippen MR) is 63.8 cm³/mol. The van der Waals surface area contributed by atoms with E-state index in [1.807, 2.05) is 6.07 Å². The molecule has 0 aromatic heterocycles. The molecule has 0 amide bonds. The first-order chi connectivity index (χ1) is 7.27. The second kappa shape index (κ2) is 2.86. The Kier molecular flexibility index (Phi) is 1.63. The number of nitrogens with two attached hydrogens (primary N) is 1. The molecule has 0 spiro atoms. The van der Waals surface area contributed by atoms with E-state index in [2.05, 4.69) is 37.3 Å². The lowest BCUT2D eigenvalue weighted by Gasteiger charge is -2.06. The minimum Gasteiger partial charge on any atom is -0.399 e. The van der Waals surface area contributed by atoms with E-state index in [-0.39, 0.29) is 0 Å². The summed E-state index contributed by atoms with van der Waals surface area (Å²) in [6.07, 6.45) is 1.03. The summed E-state index contributed by atoms with van der Waals surface area (Å²) in [5.41, 5.74) is 13.6. The zero-order valence-corrected chi connectivity index (χ0v) is 8.75. The zero-order valence-electron chi connectivity index (χ0n) is 8.75. The monoisotopic (exact) mass is 195 g/mol. The van der Waals surface area contributed by atoms with Crippen molar-refractivity contribution in [1.29, 1.82) is 0 Å². The van der Waals surface area contributed by atoms with Gasteiger partial charge in [0.15, 0.2) is 0 Å². The topological polar surface area (TPSA) is 26.0 Å². The molecule has 15 heavy (non-hydrogen) atoms. The number of rotatable bonds is 0. The van der Waals surface area contributed by atoms with E-state index in [9.17, 15) is 0 Å². The van der Waals surface area contributed by atoms with Gasteiger partial charge < -0.3 is 5.73 Å². The van der Waals surface area contributed by atoms with E-state index in [1.165, 1.54) is 27.8 Å². The first-order valence-corrected chi connectivity index (χ1v) is 5.23. The molecule has 1 heteroatoms. The molecule has 0 heterocycles. The zero-order chi connectivity index (χ0) is 10.4. The maximum Gasteiger partial charge on any atom is 0.0347 e. The van der Waals surface area contributed by atoms with Crippen LogP contribution in [0.1, 0.15) is 16.7 Å². The van der Waals surface area contributed by atoms with E-state index < -0.39 is 0 Å². The second-order valence-electron chi connectivity index (χ2n) is 4.14. The summed E-state index contributed by atoms with van der Waals surface area (Å²) in [7, 11) is 0. The van der Waals surface area contributed by atoms with Gasteiger partial charge in [0.1, 0.15) is 0 Å². The average molecular weight is 195 g/mol. The predicted octanol–water partition coefficient (Wildman–Crippen LogP) is 3.15. The SMILES string of the molecule is Cc1c(N)ccc2c1Cc1ccccc1-2. The summed E-state index contributed by atoms with van der Waals surface area (Å²) < 4.78 is 0. The third-order valence-corrected chi connectivity index (χ3v) is 3.32. The molecule has 0 atom stereocenters. The van der Waals surface area contributed by atoms with Crippen LogP contribution in [-0.4, -0.2) is 0 Å². The molecule has 1 nitrogen and oxygen atoms in total. The van der Waals surface area contributed by atoms with Crippen LogP contribution in [0.5, 0.6) is 0 Å². The van der Waals surface area contributed by atoms with Crippen molar-refractivity contribution in [3.63, 3.8) is 0 Å². The molecule has 0 aliphatic heterocycles. The first kappa shape index (κ1) is 8.54. The highest BCUT2D eigenvalue weighted by Gasteiger charge is 2.19. The van der Waals surface area contributed by atoms with Crippen molar-refractivity contribution in [3.05, 3.63) is 53.1 Å². The van der Waals surface area contributed by atoms with Gasteiger partial charge in [0.25, 0.3) is 0 Å². The Labute approximate surface area is 89.6 Å². The molecule has 2 aromatic carbocycles. The van der Waals surface area contributed by atoms with Crippen LogP contribution in [0.15, 0.2) is 36.4 Å². The quantitative estimate of drug-likeness (QED) is 0.548. The summed E-state index contributed by atoms with van der Waals surface area (Å²) >= 11 is 0. The van der Waals surface area contributed by atoms with Crippen molar-refractivity contribution in [2.75, 3.05) is 5.73 Å². The second-order valence-corrected chi connectivity index (χ2v) is 4.14. The smallest absolute Gasteiger partial charge is 0.0347 e. The number of nitrogen functional groups attached to an aromatic ring is 1. The van der Waals surface area contributed by atoms with Crippen LogP contribution in [0.3, 0.4) is 0 Å². The van der Waals surface area contributed by atoms with Gasteiger partial charge in [-0.1, -0.05) is 30.3 Å². The maximum absolute atomic E-state index is 5.93. The van der Waals surface area contributed by atoms with Crippen molar-refractivity contribution in [1.82, 2.24) is 0 Å². The molecule has 2 aromatic rings. The van der Waals surface area contributed by atoms with Crippen LogP contribution >= 0.6 is 0 Å². The third kappa shape index (κ3) is 1.09. The molecular weight excluding hydrogens is 182 g/mol. The summed E-state index contributed by atoms with van der Waals surface area (Å²) in [6.45, 7) is 2.11. The fourth-order valence-corrected chi connectivity index (χ4v) is 2.38. The van der Waals surface area contributed by atoms with Gasteiger partial charge in [-0.2, -0.15) is 0 Å². The molecular formula is C14H13N. The lowest BCUT2D eigenvalue weighted by molar-refractivity contribution is 1.22. The van der Waals surface area contributed by atoms with E-state index in [4.69, 9.17) is 5.73 Å². The lowest BCUT2D eigenvalue weighted by Crippen LogP contribution is -1.94. The standard InChI is InChI=1S/C14H13N/c1-9-13-8-10-4-2-3-5-11(10)12(13)6-7-14(9)15/h2-7H,8,15H2,1H3. The van der Waals surface area contributed by atoms with Crippen LogP contribution < -0.4 is 5.73 Å². The Balaban J connectivity index is 2.31. The first-order valence-electron chi connectivity index (χ1n) is 5.23. The van der Waals surface area contributed by atoms with Crippen molar-refractivity contribution in [2.45, 2.75) is 13.3 Å². The van der Waals surface area contributed by atoms with Gasteiger partial charge in [0.05, 0.1) is 0 Å². The Morgan fingerprint density at radius 1 is 1.00 bits per heavy atom. The fraction of sp³-hybridized carbons (Fsp3) is 0.143. The highest BCUT2D eigenvalue weighted by molar-refractivity contribution is 5.80. The molecule has 0 fully saturated rings. The largest absolute Gasteiger partial charge is 0.399 e. The number of hydrogen-bond acceptors (Lipinski definition) is 1. The van der Waals surface area contributed by atoms with Gasteiger partial charge in [-0.3, -0.25) is 0 Å². The molecule has 1 aliphatic rings. The minimum absolute atomic E-state index is 0.904. The van der Waals surface area contributed by atoms with E-state index in [1.54, 1.807) is 0 Å². The van der Waals surface area contributed by atoms with Gasteiger partial charge in [-0.05, 0) is 47.2 Å². The maximum atomic E-state index is 5.93. The van der Waals surface area contributed by atoms with E-state index in [0.717, 1.165) is 12.1 Å². The van der Waals surface area contributed by atoms with Gasteiger partial charge >= 0.3 is 0 Å². The highest BCUT2D eigenvalue weighted by Crippen LogP contribution is 2.39. The number of hydrogen-bond donors (Lipinski definition) is 1. The van der Waals surface area contributed by atoms with Crippen molar-refractivity contribution >= 4 is 5.69 Å². The summed E-state index contributed by atoms with van der Waals surface area (Å²) in [5.74, 6) is 0. The lowest BCUT2D eigenvalue weighted by atomic mass is 10.0. The molecule has 2 N–H and O–H groups in total. The molecule has 0 bridgehead atoms. The molecule has 0 unspecified atom stereocenters. The molecule has 3 rings (SSSR count). The summed E-state index contributed by atoms with van der Waals surface area (Å²) in [4.78, 5) is 0. The van der Waals surface area contributed by atoms with Crippen LogP contribution in [0, 0.1) is 6.92 Å². The number of benzene rings is 2. The van der Waals surface area contributed by atoms with E-state index >= 15 is 0 Å². The molecule has 0 saturated carbocycles. The Morgan fingerprint density at radius 3 is 2.67 bits per heavy atom. The molecule has 0 radical (unpaired) electrons. The fourth-order valence-electron chi connectivity index (χ4n) is 2.38. The summed E-state index contributed by atoms with van der Waals surface area (Å²) in [5, 5.41) is 0. The molecule has 1 aliphatic carbocycles. The van der Waals surface area contributed by atoms with Gasteiger partial charge in [0.2, 0.25) is 0 Å². The number of anilines is 1. The van der Waals surface area contributed by atoms with Crippen LogP contribution in [0.4, 0.5) is 5.69 Å². The minimum atomic E-state index is 0.904. The highest BCUT2D eigenvalue weighted by atomic mass is 14.6. The normalized spacial score (nSPS) is 12.3. The Morgan fingerprint density at radius 2 is 1.80 bits per heavy atom. The van der Waals surface area contributed by atoms with E-state index in [0.29, 0.717) is 0 Å². The van der Waals surface area contributed by atoms with Crippen LogP contribution in [-0.2, 0) is 6.42 Å². The molecule has 0 saturated heterocycles. The van der Waals surface area contributed by atoms with Gasteiger partial charge in [-0.15, -0.1) is 0 Å². The van der Waals surface area contributed by atoms with Crippen molar-refractivity contribution in [3.8, 4) is 11.1 Å². The number of fused-ring (bicyclic) bond motifs is 3. The van der Waals surface area contributed by atoms with Crippen molar-refractivity contribution in [2.24, 2.45) is 0 Å².